The largest absolute Gasteiger partial charge is 0.357 e. The maximum atomic E-state index is 13.8. The van der Waals surface area contributed by atoms with Crippen molar-refractivity contribution >= 4 is 39.1 Å². The molecule has 3 rings (SSSR count). The second-order valence-corrected chi connectivity index (χ2v) is 10.8. The van der Waals surface area contributed by atoms with Crippen LogP contribution in [-0.4, -0.2) is 44.8 Å². The number of carbonyl (C=O) groups excluding carboxylic acids is 2. The van der Waals surface area contributed by atoms with Crippen molar-refractivity contribution in [3.63, 3.8) is 0 Å². The van der Waals surface area contributed by atoms with Crippen LogP contribution >= 0.6 is 11.6 Å². The van der Waals surface area contributed by atoms with E-state index in [1.54, 1.807) is 68.4 Å². The van der Waals surface area contributed by atoms with Crippen molar-refractivity contribution < 1.29 is 18.0 Å². The maximum absolute atomic E-state index is 13.8. The fourth-order valence-electron chi connectivity index (χ4n) is 3.92. The van der Waals surface area contributed by atoms with Gasteiger partial charge in [0.15, 0.2) is 0 Å². The van der Waals surface area contributed by atoms with Crippen molar-refractivity contribution in [3.05, 3.63) is 94.5 Å². The zero-order valence-electron chi connectivity index (χ0n) is 20.7. The Morgan fingerprint density at radius 2 is 1.61 bits per heavy atom. The molecule has 0 bridgehead atoms. The molecule has 2 amide bonds. The molecule has 3 aromatic rings. The summed E-state index contributed by atoms with van der Waals surface area (Å²) in [4.78, 5) is 27.7. The zero-order chi connectivity index (χ0) is 26.5. The standard InChI is InChI=1S/C27H30ClN3O4S/c1-19-14-15-25(20(2)16-19)31(36(34,35)23-11-6-5-7-12-23)18-26(32)30(21(3)27(33)29-4)17-22-10-8-9-13-24(22)28/h5-16,21H,17-18H2,1-4H3,(H,29,33)/t21-/m0/s1. The van der Waals surface area contributed by atoms with Gasteiger partial charge in [-0.05, 0) is 56.2 Å². The van der Waals surface area contributed by atoms with Gasteiger partial charge in [-0.15, -0.1) is 0 Å². The lowest BCUT2D eigenvalue weighted by atomic mass is 10.1. The molecule has 0 spiro atoms. The number of halogens is 1. The smallest absolute Gasteiger partial charge is 0.264 e. The lowest BCUT2D eigenvalue weighted by Crippen LogP contribution is -2.50. The topological polar surface area (TPSA) is 86.8 Å². The first-order valence-corrected chi connectivity index (χ1v) is 13.3. The van der Waals surface area contributed by atoms with E-state index in [2.05, 4.69) is 5.32 Å². The number of nitrogens with one attached hydrogen (secondary N) is 1. The highest BCUT2D eigenvalue weighted by Crippen LogP contribution is 2.28. The zero-order valence-corrected chi connectivity index (χ0v) is 22.3. The molecule has 0 fully saturated rings. The third kappa shape index (κ3) is 6.06. The number of likely N-dealkylation sites (N-methyl/N-ethyl adjacent to an activating group) is 1. The van der Waals surface area contributed by atoms with Crippen LogP contribution in [0.15, 0.2) is 77.7 Å². The first-order chi connectivity index (χ1) is 17.1. The van der Waals surface area contributed by atoms with Crippen LogP contribution in [0.5, 0.6) is 0 Å². The van der Waals surface area contributed by atoms with Crippen LogP contribution in [0.3, 0.4) is 0 Å². The van der Waals surface area contributed by atoms with Gasteiger partial charge in [0.2, 0.25) is 11.8 Å². The van der Waals surface area contributed by atoms with Crippen molar-refractivity contribution in [1.29, 1.82) is 0 Å². The molecule has 1 atom stereocenters. The number of anilines is 1. The van der Waals surface area contributed by atoms with E-state index in [9.17, 15) is 18.0 Å². The Morgan fingerprint density at radius 3 is 2.22 bits per heavy atom. The average molecular weight is 528 g/mol. The lowest BCUT2D eigenvalue weighted by molar-refractivity contribution is -0.139. The number of rotatable bonds is 9. The summed E-state index contributed by atoms with van der Waals surface area (Å²) in [5.74, 6) is -0.912. The van der Waals surface area contributed by atoms with Gasteiger partial charge in [0.25, 0.3) is 10.0 Å². The highest BCUT2D eigenvalue weighted by Gasteiger charge is 2.33. The van der Waals surface area contributed by atoms with Gasteiger partial charge in [-0.3, -0.25) is 13.9 Å². The Labute approximate surface area is 217 Å². The van der Waals surface area contributed by atoms with E-state index < -0.39 is 28.5 Å². The Hall–Kier alpha value is -3.36. The summed E-state index contributed by atoms with van der Waals surface area (Å²) in [5.41, 5.74) is 2.71. The van der Waals surface area contributed by atoms with Crippen molar-refractivity contribution in [3.8, 4) is 0 Å². The molecule has 0 saturated carbocycles. The molecule has 190 valence electrons. The Morgan fingerprint density at radius 1 is 0.972 bits per heavy atom. The average Bonchev–Trinajstić information content (AvgIpc) is 2.86. The van der Waals surface area contributed by atoms with Crippen molar-refractivity contribution in [2.24, 2.45) is 0 Å². The highest BCUT2D eigenvalue weighted by atomic mass is 35.5. The summed E-state index contributed by atoms with van der Waals surface area (Å²) in [5, 5.41) is 3.01. The maximum Gasteiger partial charge on any atom is 0.264 e. The molecule has 3 aromatic carbocycles. The number of hydrogen-bond acceptors (Lipinski definition) is 4. The molecule has 0 saturated heterocycles. The van der Waals surface area contributed by atoms with Crippen molar-refractivity contribution in [2.75, 3.05) is 17.9 Å². The van der Waals surface area contributed by atoms with Gasteiger partial charge in [0.1, 0.15) is 12.6 Å². The Balaban J connectivity index is 2.07. The van der Waals surface area contributed by atoms with Crippen LogP contribution in [0.1, 0.15) is 23.6 Å². The summed E-state index contributed by atoms with van der Waals surface area (Å²) in [6.07, 6.45) is 0. The van der Waals surface area contributed by atoms with Gasteiger partial charge in [0, 0.05) is 18.6 Å². The summed E-state index contributed by atoms with van der Waals surface area (Å²) < 4.78 is 28.6. The second kappa shape index (κ2) is 11.6. The van der Waals surface area contributed by atoms with E-state index in [1.807, 2.05) is 13.0 Å². The van der Waals surface area contributed by atoms with Gasteiger partial charge < -0.3 is 10.2 Å². The molecule has 0 heterocycles. The summed E-state index contributed by atoms with van der Waals surface area (Å²) in [6.45, 7) is 4.86. The molecule has 9 heteroatoms. The minimum Gasteiger partial charge on any atom is -0.357 e. The van der Waals surface area contributed by atoms with Crippen molar-refractivity contribution in [2.45, 2.75) is 38.3 Å². The number of hydrogen-bond donors (Lipinski definition) is 1. The highest BCUT2D eigenvalue weighted by molar-refractivity contribution is 7.92. The molecule has 7 nitrogen and oxygen atoms in total. The van der Waals surface area contributed by atoms with E-state index in [0.29, 0.717) is 21.8 Å². The van der Waals surface area contributed by atoms with Crippen LogP contribution < -0.4 is 9.62 Å². The predicted molar refractivity (Wildman–Crippen MR) is 142 cm³/mol. The van der Waals surface area contributed by atoms with Crippen LogP contribution in [0.25, 0.3) is 0 Å². The summed E-state index contributed by atoms with van der Waals surface area (Å²) >= 11 is 6.34. The summed E-state index contributed by atoms with van der Waals surface area (Å²) in [6, 6.07) is 19.5. The molecule has 0 unspecified atom stereocenters. The molecule has 0 aliphatic heterocycles. The van der Waals surface area contributed by atoms with E-state index in [-0.39, 0.29) is 17.3 Å². The van der Waals surface area contributed by atoms with E-state index in [1.165, 1.54) is 24.1 Å². The Kier molecular flexibility index (Phi) is 8.76. The first kappa shape index (κ1) is 27.2. The SMILES string of the molecule is CNC(=O)[C@H](C)N(Cc1ccccc1Cl)C(=O)CN(c1ccc(C)cc1C)S(=O)(=O)c1ccccc1. The van der Waals surface area contributed by atoms with Crippen LogP contribution in [0.2, 0.25) is 5.02 Å². The minimum atomic E-state index is -4.09. The monoisotopic (exact) mass is 527 g/mol. The fourth-order valence-corrected chi connectivity index (χ4v) is 5.62. The number of amides is 2. The number of nitrogens with zero attached hydrogens (tertiary/aromatic N) is 2. The van der Waals surface area contributed by atoms with Gasteiger partial charge >= 0.3 is 0 Å². The van der Waals surface area contributed by atoms with Gasteiger partial charge in [-0.1, -0.05) is 65.7 Å². The normalized spacial score (nSPS) is 12.0. The molecular formula is C27H30ClN3O4S. The molecular weight excluding hydrogens is 498 g/mol. The molecule has 0 aliphatic carbocycles. The van der Waals surface area contributed by atoms with E-state index in [4.69, 9.17) is 11.6 Å². The minimum absolute atomic E-state index is 0.0409. The first-order valence-electron chi connectivity index (χ1n) is 11.5. The van der Waals surface area contributed by atoms with E-state index in [0.717, 1.165) is 9.87 Å². The molecule has 0 radical (unpaired) electrons. The quantitative estimate of drug-likeness (QED) is 0.449. The molecule has 36 heavy (non-hydrogen) atoms. The number of benzene rings is 3. The second-order valence-electron chi connectivity index (χ2n) is 8.52. The third-order valence-corrected chi connectivity index (χ3v) is 8.09. The van der Waals surface area contributed by atoms with Crippen LogP contribution in [0, 0.1) is 13.8 Å². The Bertz CT molecular complexity index is 1350. The number of sulfonamides is 1. The van der Waals surface area contributed by atoms with Gasteiger partial charge in [-0.2, -0.15) is 0 Å². The lowest BCUT2D eigenvalue weighted by Gasteiger charge is -2.32. The van der Waals surface area contributed by atoms with Crippen LogP contribution in [-0.2, 0) is 26.2 Å². The molecule has 0 aromatic heterocycles. The molecule has 1 N–H and O–H groups in total. The summed E-state index contributed by atoms with van der Waals surface area (Å²) in [7, 11) is -2.61. The predicted octanol–water partition coefficient (Wildman–Crippen LogP) is 4.32. The third-order valence-electron chi connectivity index (χ3n) is 5.94. The molecule has 0 aliphatic rings. The van der Waals surface area contributed by atoms with Crippen molar-refractivity contribution in [1.82, 2.24) is 10.2 Å². The number of aryl methyl sites for hydroxylation is 2. The van der Waals surface area contributed by atoms with Gasteiger partial charge in [0.05, 0.1) is 10.6 Å². The number of carbonyl (C=O) groups is 2. The van der Waals surface area contributed by atoms with E-state index >= 15 is 0 Å². The van der Waals surface area contributed by atoms with Gasteiger partial charge in [-0.25, -0.2) is 8.42 Å². The fraction of sp³-hybridized carbons (Fsp3) is 0.259. The van der Waals surface area contributed by atoms with Crippen LogP contribution in [0.4, 0.5) is 5.69 Å².